The normalized spacial score (nSPS) is 24.1. The zero-order chi connectivity index (χ0) is 34.2. The molecule has 7 rings (SSSR count). The van der Waals surface area contributed by atoms with Gasteiger partial charge in [0.15, 0.2) is 11.5 Å². The van der Waals surface area contributed by atoms with Crippen LogP contribution in [-0.4, -0.2) is 86.9 Å². The predicted molar refractivity (Wildman–Crippen MR) is 188 cm³/mol. The molecule has 1 aromatic heterocycles. The second-order valence-corrected chi connectivity index (χ2v) is 14.9. The fourth-order valence-electron chi connectivity index (χ4n) is 8.62. The number of H-pyrrole nitrogens is 1. The molecule has 0 bridgehead atoms. The third-order valence-corrected chi connectivity index (χ3v) is 11.2. The number of benzene rings is 2. The fraction of sp³-hybridized carbons (Fsp3) is 0.538. The zero-order valence-electron chi connectivity index (χ0n) is 29.3. The smallest absolute Gasteiger partial charge is 0.407 e. The molecule has 4 aliphatic rings. The highest BCUT2D eigenvalue weighted by molar-refractivity contribution is 5.91. The van der Waals surface area contributed by atoms with Crippen molar-refractivity contribution in [2.45, 2.75) is 82.0 Å². The van der Waals surface area contributed by atoms with Crippen molar-refractivity contribution in [1.29, 1.82) is 0 Å². The van der Waals surface area contributed by atoms with Gasteiger partial charge in [0.05, 0.1) is 18.9 Å². The molecule has 2 aliphatic heterocycles. The SMILES string of the molecule is COc1ccc2c3c1O[C@H]1C[C@@H](OC(=O)NCC4(CC(=O)Oc5cccc6[nH]cc(CCN(C)C)c56)CCCCC4)C=C[C@@]31CCN(C)C2. The molecule has 0 unspecified atom stereocenters. The van der Waals surface area contributed by atoms with E-state index in [1.807, 2.05) is 36.5 Å². The van der Waals surface area contributed by atoms with Crippen LogP contribution in [0.2, 0.25) is 0 Å². The molecule has 49 heavy (non-hydrogen) atoms. The van der Waals surface area contributed by atoms with E-state index in [9.17, 15) is 9.59 Å². The Morgan fingerprint density at radius 2 is 1.94 bits per heavy atom. The number of nitrogens with zero attached hydrogens (tertiary/aromatic N) is 2. The molecule has 2 aromatic carbocycles. The lowest BCUT2D eigenvalue weighted by Gasteiger charge is -2.38. The van der Waals surface area contributed by atoms with Crippen molar-refractivity contribution in [3.8, 4) is 17.2 Å². The van der Waals surface area contributed by atoms with Gasteiger partial charge in [-0.2, -0.15) is 0 Å². The molecular formula is C39H50N4O6. The van der Waals surface area contributed by atoms with Gasteiger partial charge in [-0.1, -0.05) is 37.5 Å². The molecule has 1 saturated carbocycles. The minimum absolute atomic E-state index is 0.154. The number of methoxy groups -OCH3 is 1. The lowest BCUT2D eigenvalue weighted by atomic mass is 9.69. The van der Waals surface area contributed by atoms with E-state index in [-0.39, 0.29) is 29.3 Å². The Kier molecular flexibility index (Phi) is 9.37. The summed E-state index contributed by atoms with van der Waals surface area (Å²) in [5.74, 6) is 1.87. The van der Waals surface area contributed by atoms with E-state index in [1.54, 1.807) is 7.11 Å². The Bertz CT molecular complexity index is 1730. The van der Waals surface area contributed by atoms with E-state index in [0.29, 0.717) is 18.7 Å². The Labute approximate surface area is 289 Å². The third-order valence-electron chi connectivity index (χ3n) is 11.2. The fourth-order valence-corrected chi connectivity index (χ4v) is 8.62. The molecule has 262 valence electrons. The Morgan fingerprint density at radius 1 is 1.10 bits per heavy atom. The topological polar surface area (TPSA) is 105 Å². The average molecular weight is 671 g/mol. The quantitative estimate of drug-likeness (QED) is 0.151. The van der Waals surface area contributed by atoms with Crippen LogP contribution in [-0.2, 0) is 27.9 Å². The second-order valence-electron chi connectivity index (χ2n) is 14.9. The van der Waals surface area contributed by atoms with Gasteiger partial charge in [0.25, 0.3) is 0 Å². The summed E-state index contributed by atoms with van der Waals surface area (Å²) in [6.07, 6.45) is 12.6. The van der Waals surface area contributed by atoms with Crippen molar-refractivity contribution >= 4 is 23.0 Å². The molecule has 0 radical (unpaired) electrons. The Balaban J connectivity index is 1.00. The van der Waals surface area contributed by atoms with Gasteiger partial charge < -0.3 is 39.0 Å². The third kappa shape index (κ3) is 6.65. The van der Waals surface area contributed by atoms with Crippen LogP contribution in [0.1, 0.15) is 68.1 Å². The first-order valence-electron chi connectivity index (χ1n) is 17.8. The average Bonchev–Trinajstić information content (AvgIpc) is 3.62. The van der Waals surface area contributed by atoms with Crippen LogP contribution in [0.4, 0.5) is 4.79 Å². The minimum Gasteiger partial charge on any atom is -0.493 e. The van der Waals surface area contributed by atoms with Gasteiger partial charge in [0.1, 0.15) is 18.0 Å². The molecule has 2 aliphatic carbocycles. The van der Waals surface area contributed by atoms with Gasteiger partial charge in [0, 0.05) is 48.7 Å². The van der Waals surface area contributed by atoms with Gasteiger partial charge in [-0.05, 0) is 94.2 Å². The molecule has 1 fully saturated rings. The van der Waals surface area contributed by atoms with Crippen LogP contribution in [0, 0.1) is 5.41 Å². The number of fused-ring (bicyclic) bond motifs is 1. The van der Waals surface area contributed by atoms with E-state index in [4.69, 9.17) is 18.9 Å². The molecular weight excluding hydrogens is 620 g/mol. The van der Waals surface area contributed by atoms with E-state index < -0.39 is 12.2 Å². The summed E-state index contributed by atoms with van der Waals surface area (Å²) in [6.45, 7) is 3.05. The van der Waals surface area contributed by atoms with Crippen molar-refractivity contribution in [2.24, 2.45) is 5.41 Å². The molecule has 1 amide bonds. The molecule has 10 nitrogen and oxygen atoms in total. The summed E-state index contributed by atoms with van der Waals surface area (Å²) >= 11 is 0. The number of carbonyl (C=O) groups excluding carboxylic acids is 2. The summed E-state index contributed by atoms with van der Waals surface area (Å²) in [6, 6.07) is 9.93. The zero-order valence-corrected chi connectivity index (χ0v) is 29.3. The maximum Gasteiger partial charge on any atom is 0.407 e. The summed E-state index contributed by atoms with van der Waals surface area (Å²) in [7, 11) is 7.93. The Hall–Kier alpha value is -4.02. The first-order valence-corrected chi connectivity index (χ1v) is 17.8. The first-order chi connectivity index (χ1) is 23.7. The summed E-state index contributed by atoms with van der Waals surface area (Å²) in [5, 5.41) is 4.00. The number of aromatic nitrogens is 1. The largest absolute Gasteiger partial charge is 0.493 e. The number of carbonyl (C=O) groups is 2. The first kappa shape index (κ1) is 33.5. The molecule has 3 aromatic rings. The molecule has 1 spiro atoms. The summed E-state index contributed by atoms with van der Waals surface area (Å²) in [5.41, 5.74) is 3.90. The van der Waals surface area contributed by atoms with Gasteiger partial charge >= 0.3 is 12.1 Å². The van der Waals surface area contributed by atoms with Crippen molar-refractivity contribution < 1.29 is 28.5 Å². The number of rotatable bonds is 10. The molecule has 10 heteroatoms. The van der Waals surface area contributed by atoms with Crippen molar-refractivity contribution in [3.63, 3.8) is 0 Å². The van der Waals surface area contributed by atoms with Crippen molar-refractivity contribution in [2.75, 3.05) is 47.9 Å². The van der Waals surface area contributed by atoms with Crippen molar-refractivity contribution in [1.82, 2.24) is 20.1 Å². The minimum atomic E-state index is -0.471. The van der Waals surface area contributed by atoms with E-state index >= 15 is 0 Å². The van der Waals surface area contributed by atoms with Crippen LogP contribution in [0.3, 0.4) is 0 Å². The lowest BCUT2D eigenvalue weighted by Crippen LogP contribution is -2.45. The number of alkyl carbamates (subject to hydrolysis) is 1. The van der Waals surface area contributed by atoms with Gasteiger partial charge in [-0.25, -0.2) is 4.79 Å². The van der Waals surface area contributed by atoms with Gasteiger partial charge in [-0.3, -0.25) is 4.79 Å². The highest BCUT2D eigenvalue weighted by Crippen LogP contribution is 2.56. The number of hydrogen-bond donors (Lipinski definition) is 2. The standard InChI is InChI=1S/C39H50N4O6/c1-42(2)19-14-26-23-40-29-9-8-10-30(34(26)29)48-33(44)22-38(15-6-5-7-16-38)25-41-37(45)47-28-13-17-39-18-20-43(3)24-27-11-12-31(46-4)36(35(27)39)49-32(39)21-28/h8-13,17,23,28,32,40H,5-7,14-16,18-22,24-25H2,1-4H3,(H,41,45)/t28-,32-,39-/m0/s1. The van der Waals surface area contributed by atoms with E-state index in [2.05, 4.69) is 53.4 Å². The van der Waals surface area contributed by atoms with Crippen LogP contribution in [0.25, 0.3) is 10.9 Å². The Morgan fingerprint density at radius 3 is 2.73 bits per heavy atom. The van der Waals surface area contributed by atoms with Crippen LogP contribution in [0.5, 0.6) is 17.2 Å². The van der Waals surface area contributed by atoms with Gasteiger partial charge in [-0.15, -0.1) is 0 Å². The lowest BCUT2D eigenvalue weighted by molar-refractivity contribution is -0.137. The number of nitrogens with one attached hydrogen (secondary N) is 2. The van der Waals surface area contributed by atoms with Crippen LogP contribution >= 0.6 is 0 Å². The maximum absolute atomic E-state index is 13.5. The monoisotopic (exact) mass is 670 g/mol. The number of likely N-dealkylation sites (N-methyl/N-ethyl adjacent to an activating group) is 1. The number of ether oxygens (including phenoxy) is 4. The number of aromatic amines is 1. The predicted octanol–water partition coefficient (Wildman–Crippen LogP) is 6.12. The highest BCUT2D eigenvalue weighted by atomic mass is 16.6. The van der Waals surface area contributed by atoms with E-state index in [1.165, 1.54) is 11.1 Å². The van der Waals surface area contributed by atoms with Crippen LogP contribution < -0.4 is 19.5 Å². The van der Waals surface area contributed by atoms with Crippen molar-refractivity contribution in [3.05, 3.63) is 65.4 Å². The number of hydrogen-bond acceptors (Lipinski definition) is 8. The molecule has 3 atom stereocenters. The number of amides is 1. The maximum atomic E-state index is 13.5. The highest BCUT2D eigenvalue weighted by Gasteiger charge is 2.53. The molecule has 2 N–H and O–H groups in total. The summed E-state index contributed by atoms with van der Waals surface area (Å²) in [4.78, 5) is 34.7. The van der Waals surface area contributed by atoms with E-state index in [0.717, 1.165) is 92.5 Å². The summed E-state index contributed by atoms with van der Waals surface area (Å²) < 4.78 is 24.4. The number of esters is 1. The molecule has 3 heterocycles. The van der Waals surface area contributed by atoms with Crippen LogP contribution in [0.15, 0.2) is 48.7 Å². The van der Waals surface area contributed by atoms with Gasteiger partial charge in [0.2, 0.25) is 0 Å². The second kappa shape index (κ2) is 13.7. The molecule has 0 saturated heterocycles.